The van der Waals surface area contributed by atoms with Gasteiger partial charge in [0.25, 0.3) is 5.91 Å². The minimum absolute atomic E-state index is 0.0136. The Morgan fingerprint density at radius 2 is 2.16 bits per heavy atom. The molecule has 4 aromatic rings. The zero-order valence-corrected chi connectivity index (χ0v) is 18.3. The molecule has 2 atom stereocenters. The van der Waals surface area contributed by atoms with Crippen molar-refractivity contribution in [3.63, 3.8) is 0 Å². The summed E-state index contributed by atoms with van der Waals surface area (Å²) in [6.07, 6.45) is 0.831. The van der Waals surface area contributed by atoms with Crippen molar-refractivity contribution >= 4 is 44.8 Å². The van der Waals surface area contributed by atoms with Crippen LogP contribution >= 0.6 is 11.3 Å². The smallest absolute Gasteiger partial charge is 0.289 e. The van der Waals surface area contributed by atoms with Crippen molar-refractivity contribution in [2.45, 2.75) is 24.8 Å². The number of anilines is 1. The fourth-order valence-corrected chi connectivity index (χ4v) is 5.79. The largest absolute Gasteiger partial charge is 0.449 e. The second-order valence-corrected chi connectivity index (χ2v) is 9.63. The van der Waals surface area contributed by atoms with Crippen LogP contribution in [0.5, 0.6) is 0 Å². The maximum Gasteiger partial charge on any atom is 0.289 e. The van der Waals surface area contributed by atoms with E-state index in [2.05, 4.69) is 34.2 Å². The molecule has 0 aliphatic carbocycles. The van der Waals surface area contributed by atoms with Gasteiger partial charge in [-0.15, -0.1) is 11.3 Å². The molecule has 0 bridgehead atoms. The Kier molecular flexibility index (Phi) is 4.25. The highest BCUT2D eigenvalue weighted by molar-refractivity contribution is 7.15. The second kappa shape index (κ2) is 7.05. The van der Waals surface area contributed by atoms with E-state index in [0.717, 1.165) is 50.4 Å². The van der Waals surface area contributed by atoms with Crippen molar-refractivity contribution in [2.75, 3.05) is 25.0 Å². The van der Waals surface area contributed by atoms with E-state index in [0.29, 0.717) is 24.4 Å². The van der Waals surface area contributed by atoms with Gasteiger partial charge < -0.3 is 20.4 Å². The summed E-state index contributed by atoms with van der Waals surface area (Å²) in [6, 6.07) is 14.5. The molecule has 6 rings (SSSR count). The van der Waals surface area contributed by atoms with E-state index in [1.54, 1.807) is 11.3 Å². The van der Waals surface area contributed by atoms with E-state index < -0.39 is 5.41 Å². The molecule has 2 aliphatic heterocycles. The molecule has 1 aromatic carbocycles. The molecular weight excluding hydrogens is 422 g/mol. The van der Waals surface area contributed by atoms with Gasteiger partial charge in [-0.05, 0) is 56.3 Å². The Labute approximate surface area is 188 Å². The van der Waals surface area contributed by atoms with E-state index in [4.69, 9.17) is 9.40 Å². The molecule has 0 saturated carbocycles. The van der Waals surface area contributed by atoms with Crippen LogP contribution in [0.25, 0.3) is 32.4 Å². The number of nitrogens with zero attached hydrogens (tertiary/aromatic N) is 2. The lowest BCUT2D eigenvalue weighted by Gasteiger charge is -2.16. The van der Waals surface area contributed by atoms with Gasteiger partial charge in [-0.2, -0.15) is 5.26 Å². The first-order valence-corrected chi connectivity index (χ1v) is 11.5. The Hall–Kier alpha value is -3.41. The van der Waals surface area contributed by atoms with Crippen LogP contribution in [-0.2, 0) is 5.41 Å². The van der Waals surface area contributed by atoms with Crippen molar-refractivity contribution in [1.29, 1.82) is 5.26 Å². The summed E-state index contributed by atoms with van der Waals surface area (Å²) in [5, 5.41) is 21.2. The number of aromatic nitrogens is 1. The van der Waals surface area contributed by atoms with Crippen molar-refractivity contribution in [1.82, 2.24) is 15.6 Å². The predicted octanol–water partition coefficient (Wildman–Crippen LogP) is 4.01. The highest BCUT2D eigenvalue weighted by atomic mass is 32.1. The number of rotatable bonds is 2. The Bertz CT molecular complexity index is 1420. The summed E-state index contributed by atoms with van der Waals surface area (Å²) in [5.74, 6) is 0.112. The Morgan fingerprint density at radius 3 is 2.97 bits per heavy atom. The zero-order chi connectivity index (χ0) is 21.9. The lowest BCUT2D eigenvalue weighted by atomic mass is 9.87. The summed E-state index contributed by atoms with van der Waals surface area (Å²) < 4.78 is 5.90. The van der Waals surface area contributed by atoms with Crippen molar-refractivity contribution < 1.29 is 9.21 Å². The number of carbonyl (C=O) groups is 1. The van der Waals surface area contributed by atoms with Crippen LogP contribution in [0, 0.1) is 11.3 Å². The summed E-state index contributed by atoms with van der Waals surface area (Å²) >= 11 is 1.64. The highest BCUT2D eigenvalue weighted by Crippen LogP contribution is 2.40. The van der Waals surface area contributed by atoms with Crippen LogP contribution in [0.15, 0.2) is 40.8 Å². The molecule has 1 saturated heterocycles. The van der Waals surface area contributed by atoms with E-state index in [-0.39, 0.29) is 11.9 Å². The van der Waals surface area contributed by atoms with E-state index in [1.165, 1.54) is 0 Å². The summed E-state index contributed by atoms with van der Waals surface area (Å²) in [5.41, 5.74) is 2.66. The van der Waals surface area contributed by atoms with E-state index >= 15 is 0 Å². The van der Waals surface area contributed by atoms with Gasteiger partial charge in [0.1, 0.15) is 11.0 Å². The number of fused-ring (bicyclic) bond motifs is 5. The molecule has 1 fully saturated rings. The second-order valence-electron chi connectivity index (χ2n) is 8.55. The lowest BCUT2D eigenvalue weighted by Crippen LogP contribution is -2.34. The standard InChI is InChI=1S/C24H21N5O2S/c1-13-10-27-21-20-14-2-3-16(18-6-7-19(32-18)24(11-25)8-9-26-12-24)29-15(14)4-5-17(20)31-22(21)23(30)28-13/h2-7,13,26-27H,8-10,12H2,1H3,(H,28,30). The minimum Gasteiger partial charge on any atom is -0.449 e. The number of carbonyl (C=O) groups excluding carboxylic acids is 1. The van der Waals surface area contributed by atoms with Gasteiger partial charge in [0, 0.05) is 29.4 Å². The SMILES string of the molecule is CC1CNc2c(oc3ccc4nc(-c5ccc(C6(C#N)CCNC6)s5)ccc4c23)C(=O)N1. The number of pyridine rings is 1. The third-order valence-electron chi connectivity index (χ3n) is 6.39. The monoisotopic (exact) mass is 443 g/mol. The molecule has 7 nitrogen and oxygen atoms in total. The van der Waals surface area contributed by atoms with Gasteiger partial charge in [0.15, 0.2) is 0 Å². The van der Waals surface area contributed by atoms with Crippen LogP contribution < -0.4 is 16.0 Å². The number of furan rings is 1. The number of nitrogens with one attached hydrogen (secondary N) is 3. The Balaban J connectivity index is 1.45. The average Bonchev–Trinajstić information content (AvgIpc) is 3.54. The van der Waals surface area contributed by atoms with Crippen LogP contribution in [-0.4, -0.2) is 36.6 Å². The maximum absolute atomic E-state index is 12.5. The molecule has 3 aromatic heterocycles. The van der Waals surface area contributed by atoms with Crippen LogP contribution in [0.2, 0.25) is 0 Å². The van der Waals surface area contributed by atoms with Gasteiger partial charge in [-0.1, -0.05) is 0 Å². The number of hydrogen-bond donors (Lipinski definition) is 3. The van der Waals surface area contributed by atoms with Crippen molar-refractivity contribution in [3.05, 3.63) is 47.0 Å². The zero-order valence-electron chi connectivity index (χ0n) is 17.5. The van der Waals surface area contributed by atoms with Gasteiger partial charge in [-0.3, -0.25) is 4.79 Å². The number of benzene rings is 1. The highest BCUT2D eigenvalue weighted by Gasteiger charge is 2.37. The predicted molar refractivity (Wildman–Crippen MR) is 125 cm³/mol. The average molecular weight is 444 g/mol. The molecule has 3 N–H and O–H groups in total. The summed E-state index contributed by atoms with van der Waals surface area (Å²) in [7, 11) is 0. The van der Waals surface area contributed by atoms with Gasteiger partial charge in [0.2, 0.25) is 5.76 Å². The first-order valence-electron chi connectivity index (χ1n) is 10.7. The first-order chi connectivity index (χ1) is 15.6. The fraction of sp³-hybridized carbons (Fsp3) is 0.292. The first kappa shape index (κ1) is 19.3. The molecule has 2 aliphatic rings. The minimum atomic E-state index is -0.441. The number of amides is 1. The van der Waals surface area contributed by atoms with Crippen LogP contribution in [0.3, 0.4) is 0 Å². The molecular formula is C24H21N5O2S. The normalized spacial score (nSPS) is 22.9. The van der Waals surface area contributed by atoms with Gasteiger partial charge >= 0.3 is 0 Å². The molecule has 32 heavy (non-hydrogen) atoms. The third kappa shape index (κ3) is 2.82. The Morgan fingerprint density at radius 1 is 1.25 bits per heavy atom. The topological polar surface area (TPSA) is 103 Å². The number of hydrogen-bond acceptors (Lipinski definition) is 7. The quantitative estimate of drug-likeness (QED) is 0.433. The molecule has 2 unspecified atom stereocenters. The van der Waals surface area contributed by atoms with E-state index in [9.17, 15) is 10.1 Å². The van der Waals surface area contributed by atoms with Gasteiger partial charge in [-0.25, -0.2) is 4.98 Å². The third-order valence-corrected chi connectivity index (χ3v) is 7.70. The summed E-state index contributed by atoms with van der Waals surface area (Å²) in [6.45, 7) is 4.14. The van der Waals surface area contributed by atoms with Crippen molar-refractivity contribution in [3.8, 4) is 16.6 Å². The van der Waals surface area contributed by atoms with Gasteiger partial charge in [0.05, 0.1) is 33.2 Å². The summed E-state index contributed by atoms with van der Waals surface area (Å²) in [4.78, 5) is 19.6. The van der Waals surface area contributed by atoms with Crippen LogP contribution in [0.4, 0.5) is 5.69 Å². The van der Waals surface area contributed by atoms with Crippen molar-refractivity contribution in [2.24, 2.45) is 0 Å². The fourth-order valence-electron chi connectivity index (χ4n) is 4.65. The number of nitriles is 1. The molecule has 5 heterocycles. The molecule has 0 radical (unpaired) electrons. The molecule has 1 amide bonds. The molecule has 160 valence electrons. The lowest BCUT2D eigenvalue weighted by molar-refractivity contribution is 0.0920. The van der Waals surface area contributed by atoms with E-state index in [1.807, 2.05) is 31.2 Å². The van der Waals surface area contributed by atoms with Crippen LogP contribution in [0.1, 0.15) is 28.8 Å². The molecule has 0 spiro atoms. The number of thiophene rings is 1. The molecule has 8 heteroatoms. The maximum atomic E-state index is 12.5.